The maximum Gasteiger partial charge on any atom is 0.239 e. The number of amides is 1. The van der Waals surface area contributed by atoms with Crippen molar-refractivity contribution in [3.05, 3.63) is 29.3 Å². The molecule has 1 aromatic carbocycles. The summed E-state index contributed by atoms with van der Waals surface area (Å²) in [5.74, 6) is -1.68. The lowest BCUT2D eigenvalue weighted by Crippen LogP contribution is -2.55. The Labute approximate surface area is 123 Å². The molecule has 6 heteroatoms. The summed E-state index contributed by atoms with van der Waals surface area (Å²) in [6.45, 7) is 5.61. The highest BCUT2D eigenvalue weighted by Gasteiger charge is 2.41. The summed E-state index contributed by atoms with van der Waals surface area (Å²) < 4.78 is 0. The van der Waals surface area contributed by atoms with E-state index in [0.29, 0.717) is 0 Å². The number of aryl methyl sites for hydroxylation is 2. The van der Waals surface area contributed by atoms with Gasteiger partial charge in [0.2, 0.25) is 5.91 Å². The van der Waals surface area contributed by atoms with E-state index in [-0.39, 0.29) is 0 Å². The Morgan fingerprint density at radius 1 is 1.38 bits per heavy atom. The molecule has 2 N–H and O–H groups in total. The SMILES string of the molecule is Cc1ccc(C)c(N=NC2C(O)NC(=O)C(C#N)C2C)c1. The molecule has 1 fully saturated rings. The second kappa shape index (κ2) is 6.02. The third kappa shape index (κ3) is 3.09. The van der Waals surface area contributed by atoms with E-state index >= 15 is 0 Å². The van der Waals surface area contributed by atoms with Gasteiger partial charge in [-0.05, 0) is 31.0 Å². The van der Waals surface area contributed by atoms with Gasteiger partial charge >= 0.3 is 0 Å². The number of benzene rings is 1. The van der Waals surface area contributed by atoms with Crippen LogP contribution in [0, 0.1) is 37.0 Å². The molecule has 4 unspecified atom stereocenters. The van der Waals surface area contributed by atoms with Crippen LogP contribution in [-0.4, -0.2) is 23.3 Å². The van der Waals surface area contributed by atoms with Crippen molar-refractivity contribution in [3.63, 3.8) is 0 Å². The topological polar surface area (TPSA) is 97.8 Å². The van der Waals surface area contributed by atoms with Gasteiger partial charge in [0.05, 0.1) is 11.8 Å². The summed E-state index contributed by atoms with van der Waals surface area (Å²) in [5.41, 5.74) is 2.76. The van der Waals surface area contributed by atoms with E-state index in [1.807, 2.05) is 38.1 Å². The summed E-state index contributed by atoms with van der Waals surface area (Å²) in [4.78, 5) is 11.6. The average molecular weight is 286 g/mol. The van der Waals surface area contributed by atoms with Gasteiger partial charge in [-0.25, -0.2) is 0 Å². The highest BCUT2D eigenvalue weighted by atomic mass is 16.3. The summed E-state index contributed by atoms with van der Waals surface area (Å²) in [5, 5.41) is 29.7. The van der Waals surface area contributed by atoms with E-state index in [4.69, 9.17) is 5.26 Å². The molecule has 4 atom stereocenters. The lowest BCUT2D eigenvalue weighted by atomic mass is 9.84. The highest BCUT2D eigenvalue weighted by molar-refractivity contribution is 5.82. The number of nitrogens with zero attached hydrogens (tertiary/aromatic N) is 3. The van der Waals surface area contributed by atoms with Crippen LogP contribution in [0.2, 0.25) is 0 Å². The van der Waals surface area contributed by atoms with Crippen molar-refractivity contribution in [3.8, 4) is 6.07 Å². The molecule has 1 saturated heterocycles. The Bertz CT molecular complexity index is 621. The standard InChI is InChI=1S/C15H18N4O2/c1-8-4-5-9(2)12(6-8)18-19-13-10(3)11(7-16)14(20)17-15(13)21/h4-6,10-11,13,15,21H,1-3H3,(H,17,20). The lowest BCUT2D eigenvalue weighted by Gasteiger charge is -2.32. The molecule has 6 nitrogen and oxygen atoms in total. The van der Waals surface area contributed by atoms with Crippen LogP contribution in [0.1, 0.15) is 18.1 Å². The van der Waals surface area contributed by atoms with Crippen molar-refractivity contribution in [1.29, 1.82) is 5.26 Å². The third-order valence-corrected chi connectivity index (χ3v) is 3.76. The molecule has 0 bridgehead atoms. The molecule has 2 rings (SSSR count). The lowest BCUT2D eigenvalue weighted by molar-refractivity contribution is -0.133. The van der Waals surface area contributed by atoms with E-state index < -0.39 is 30.0 Å². The van der Waals surface area contributed by atoms with Gasteiger partial charge in [0.15, 0.2) is 6.23 Å². The van der Waals surface area contributed by atoms with Crippen molar-refractivity contribution in [1.82, 2.24) is 5.32 Å². The van der Waals surface area contributed by atoms with Crippen molar-refractivity contribution >= 4 is 11.6 Å². The fourth-order valence-electron chi connectivity index (χ4n) is 2.34. The molecule has 21 heavy (non-hydrogen) atoms. The first-order chi connectivity index (χ1) is 9.93. The zero-order valence-corrected chi connectivity index (χ0v) is 12.2. The molecule has 0 saturated carbocycles. The molecule has 0 aromatic heterocycles. The van der Waals surface area contributed by atoms with Gasteiger partial charge in [0.1, 0.15) is 12.0 Å². The van der Waals surface area contributed by atoms with Crippen LogP contribution < -0.4 is 5.32 Å². The van der Waals surface area contributed by atoms with Gasteiger partial charge in [-0.15, -0.1) is 0 Å². The van der Waals surface area contributed by atoms with E-state index in [9.17, 15) is 9.90 Å². The number of nitrogens with one attached hydrogen (secondary N) is 1. The Balaban J connectivity index is 2.25. The second-order valence-electron chi connectivity index (χ2n) is 5.42. The Kier molecular flexibility index (Phi) is 4.34. The van der Waals surface area contributed by atoms with Gasteiger partial charge in [-0.3, -0.25) is 4.79 Å². The fourth-order valence-corrected chi connectivity index (χ4v) is 2.34. The molecule has 1 aromatic rings. The maximum atomic E-state index is 11.6. The number of carbonyl (C=O) groups excluding carboxylic acids is 1. The molecule has 1 heterocycles. The number of nitriles is 1. The van der Waals surface area contributed by atoms with Gasteiger partial charge < -0.3 is 10.4 Å². The van der Waals surface area contributed by atoms with E-state index in [2.05, 4.69) is 15.5 Å². The number of carbonyl (C=O) groups is 1. The predicted octanol–water partition coefficient (Wildman–Crippen LogP) is 1.98. The normalized spacial score (nSPS) is 29.2. The minimum Gasteiger partial charge on any atom is -0.371 e. The van der Waals surface area contributed by atoms with Crippen LogP contribution in [0.25, 0.3) is 0 Å². The molecule has 0 aliphatic carbocycles. The number of rotatable bonds is 2. The Morgan fingerprint density at radius 3 is 2.76 bits per heavy atom. The quantitative estimate of drug-likeness (QED) is 0.813. The zero-order chi connectivity index (χ0) is 15.6. The number of piperidine rings is 1. The van der Waals surface area contributed by atoms with Crippen LogP contribution in [0.5, 0.6) is 0 Å². The molecule has 110 valence electrons. The van der Waals surface area contributed by atoms with Crippen molar-refractivity contribution in [2.75, 3.05) is 0 Å². The van der Waals surface area contributed by atoms with Crippen LogP contribution >= 0.6 is 0 Å². The number of azo groups is 1. The summed E-state index contributed by atoms with van der Waals surface area (Å²) >= 11 is 0. The highest BCUT2D eigenvalue weighted by Crippen LogP contribution is 2.27. The molecule has 1 aliphatic heterocycles. The molecule has 1 amide bonds. The van der Waals surface area contributed by atoms with E-state index in [1.54, 1.807) is 6.92 Å². The van der Waals surface area contributed by atoms with Gasteiger partial charge in [-0.1, -0.05) is 19.1 Å². The smallest absolute Gasteiger partial charge is 0.239 e. The number of hydrogen-bond acceptors (Lipinski definition) is 5. The molecule has 1 aliphatic rings. The van der Waals surface area contributed by atoms with Crippen LogP contribution in [0.15, 0.2) is 28.4 Å². The van der Waals surface area contributed by atoms with Crippen molar-refractivity contribution < 1.29 is 9.90 Å². The predicted molar refractivity (Wildman–Crippen MR) is 76.6 cm³/mol. The monoisotopic (exact) mass is 286 g/mol. The Morgan fingerprint density at radius 2 is 2.10 bits per heavy atom. The van der Waals surface area contributed by atoms with Crippen LogP contribution in [-0.2, 0) is 4.79 Å². The molecular formula is C15H18N4O2. The second-order valence-corrected chi connectivity index (χ2v) is 5.42. The van der Waals surface area contributed by atoms with Gasteiger partial charge in [0, 0.05) is 5.92 Å². The average Bonchev–Trinajstić information content (AvgIpc) is 2.42. The summed E-state index contributed by atoms with van der Waals surface area (Å²) in [6, 6.07) is 7.15. The summed E-state index contributed by atoms with van der Waals surface area (Å²) in [6.07, 6.45) is -1.12. The summed E-state index contributed by atoms with van der Waals surface area (Å²) in [7, 11) is 0. The number of hydrogen-bond donors (Lipinski definition) is 2. The first kappa shape index (κ1) is 15.1. The van der Waals surface area contributed by atoms with Crippen molar-refractivity contribution in [2.45, 2.75) is 33.0 Å². The molecule has 0 radical (unpaired) electrons. The first-order valence-corrected chi connectivity index (χ1v) is 6.80. The minimum atomic E-state index is -1.12. The van der Waals surface area contributed by atoms with Crippen LogP contribution in [0.4, 0.5) is 5.69 Å². The number of aliphatic hydroxyl groups excluding tert-OH is 1. The first-order valence-electron chi connectivity index (χ1n) is 6.80. The largest absolute Gasteiger partial charge is 0.371 e. The zero-order valence-electron chi connectivity index (χ0n) is 12.2. The van der Waals surface area contributed by atoms with Gasteiger partial charge in [-0.2, -0.15) is 15.5 Å². The third-order valence-electron chi connectivity index (χ3n) is 3.76. The fraction of sp³-hybridized carbons (Fsp3) is 0.467. The number of aliphatic hydroxyl groups is 1. The minimum absolute atomic E-state index is 0.396. The van der Waals surface area contributed by atoms with Gasteiger partial charge in [0.25, 0.3) is 0 Å². The van der Waals surface area contributed by atoms with E-state index in [1.165, 1.54) is 0 Å². The molecule has 0 spiro atoms. The van der Waals surface area contributed by atoms with Crippen LogP contribution in [0.3, 0.4) is 0 Å². The van der Waals surface area contributed by atoms with E-state index in [0.717, 1.165) is 16.8 Å². The molecular weight excluding hydrogens is 268 g/mol. The Hall–Kier alpha value is -2.26. The maximum absolute atomic E-state index is 11.6. The van der Waals surface area contributed by atoms with Crippen molar-refractivity contribution in [2.24, 2.45) is 22.1 Å².